The molecule has 0 heterocycles. The molecule has 2 N–H and O–H groups in total. The normalized spacial score (nSPS) is 12.1. The van der Waals surface area contributed by atoms with Crippen LogP contribution in [0.5, 0.6) is 5.75 Å². The molecule has 0 aromatic heterocycles. The topological polar surface area (TPSA) is 67.8 Å². The van der Waals surface area contributed by atoms with Crippen molar-refractivity contribution in [2.24, 2.45) is 0 Å². The number of anilines is 1. The summed E-state index contributed by atoms with van der Waals surface area (Å²) in [6.45, 7) is 14.6. The molecule has 0 amide bonds. The van der Waals surface area contributed by atoms with Gasteiger partial charge in [-0.1, -0.05) is 50.6 Å². The Kier molecular flexibility index (Phi) is 16.2. The van der Waals surface area contributed by atoms with E-state index in [0.717, 1.165) is 37.3 Å². The van der Waals surface area contributed by atoms with Gasteiger partial charge in [0.15, 0.2) is 0 Å². The highest BCUT2D eigenvalue weighted by molar-refractivity contribution is 5.80. The quantitative estimate of drug-likeness (QED) is 0.271. The van der Waals surface area contributed by atoms with E-state index in [1.807, 2.05) is 13.8 Å². The molecule has 2 aromatic carbocycles. The van der Waals surface area contributed by atoms with Gasteiger partial charge >= 0.3 is 5.97 Å². The van der Waals surface area contributed by atoms with E-state index in [4.69, 9.17) is 14.6 Å². The molecule has 220 valence electrons. The van der Waals surface area contributed by atoms with Gasteiger partial charge in [0.05, 0.1) is 6.61 Å². The molecule has 0 bridgehead atoms. The number of halogens is 2. The van der Waals surface area contributed by atoms with Crippen LogP contribution >= 0.6 is 0 Å². The number of aliphatic carboxylic acids is 1. The number of aryl methyl sites for hydroxylation is 2. The van der Waals surface area contributed by atoms with Crippen molar-refractivity contribution in [1.82, 2.24) is 0 Å². The fraction of sp³-hybridized carbons (Fsp3) is 0.424. The molecule has 0 unspecified atom stereocenters. The van der Waals surface area contributed by atoms with Crippen LogP contribution in [0.4, 0.5) is 14.5 Å². The van der Waals surface area contributed by atoms with E-state index < -0.39 is 17.6 Å². The number of hydrogen-bond acceptors (Lipinski definition) is 4. The van der Waals surface area contributed by atoms with Crippen LogP contribution in [0.25, 0.3) is 5.57 Å². The molecule has 0 saturated carbocycles. The maximum atomic E-state index is 13.3. The van der Waals surface area contributed by atoms with Crippen LogP contribution in [0.1, 0.15) is 69.2 Å². The molecule has 0 aliphatic heterocycles. The maximum absolute atomic E-state index is 13.3. The smallest absolute Gasteiger partial charge is 0.303 e. The molecule has 0 atom stereocenters. The van der Waals surface area contributed by atoms with Crippen molar-refractivity contribution in [2.75, 3.05) is 32.2 Å². The highest BCUT2D eigenvalue weighted by Crippen LogP contribution is 2.30. The number of hydrogen-bond donors (Lipinski definition) is 2. The summed E-state index contributed by atoms with van der Waals surface area (Å²) >= 11 is 0. The Labute approximate surface area is 238 Å². The molecule has 0 spiro atoms. The summed E-state index contributed by atoms with van der Waals surface area (Å²) in [4.78, 5) is 10.3. The largest absolute Gasteiger partial charge is 0.491 e. The predicted molar refractivity (Wildman–Crippen MR) is 161 cm³/mol. The van der Waals surface area contributed by atoms with Gasteiger partial charge in [0, 0.05) is 31.3 Å². The van der Waals surface area contributed by atoms with Crippen LogP contribution in [0.2, 0.25) is 0 Å². The molecular weight excluding hydrogens is 512 g/mol. The van der Waals surface area contributed by atoms with Gasteiger partial charge in [-0.05, 0) is 86.6 Å². The van der Waals surface area contributed by atoms with Crippen LogP contribution in [0, 0.1) is 25.5 Å². The van der Waals surface area contributed by atoms with E-state index in [9.17, 15) is 13.6 Å². The molecule has 3 rings (SSSR count). The van der Waals surface area contributed by atoms with Crippen LogP contribution in [-0.2, 0) is 16.0 Å². The lowest BCUT2D eigenvalue weighted by atomic mass is 9.94. The number of carboxylic acids is 1. The zero-order valence-corrected chi connectivity index (χ0v) is 25.0. The van der Waals surface area contributed by atoms with Crippen molar-refractivity contribution in [1.29, 1.82) is 0 Å². The number of ether oxygens (including phenoxy) is 2. The van der Waals surface area contributed by atoms with Gasteiger partial charge in [-0.15, -0.1) is 0 Å². The van der Waals surface area contributed by atoms with Crippen molar-refractivity contribution < 1.29 is 28.2 Å². The molecule has 0 fully saturated rings. The van der Waals surface area contributed by atoms with E-state index in [1.54, 1.807) is 7.05 Å². The Morgan fingerprint density at radius 1 is 1.00 bits per heavy atom. The summed E-state index contributed by atoms with van der Waals surface area (Å²) < 4.78 is 37.8. The summed E-state index contributed by atoms with van der Waals surface area (Å²) in [7, 11) is 1.55. The SMILES string of the molecule is CC.CCCOCCOc1cc(C)c(C2=CCC=CC(C)=C2)c(C)c1.CNc1cc(F)c(CCC(=O)O)c(F)c1. The number of allylic oxidation sites excluding steroid dienone is 6. The maximum Gasteiger partial charge on any atom is 0.303 e. The Morgan fingerprint density at radius 2 is 1.62 bits per heavy atom. The first-order chi connectivity index (χ1) is 19.2. The van der Waals surface area contributed by atoms with Crippen molar-refractivity contribution >= 4 is 17.2 Å². The lowest BCUT2D eigenvalue weighted by Crippen LogP contribution is -2.07. The Bertz CT molecular complexity index is 1140. The molecule has 5 nitrogen and oxygen atoms in total. The Morgan fingerprint density at radius 3 is 2.17 bits per heavy atom. The summed E-state index contributed by atoms with van der Waals surface area (Å²) in [6.07, 6.45) is 10.5. The fourth-order valence-electron chi connectivity index (χ4n) is 4.12. The predicted octanol–water partition coefficient (Wildman–Crippen LogP) is 8.45. The molecule has 0 saturated heterocycles. The summed E-state index contributed by atoms with van der Waals surface area (Å²) in [5.41, 5.74) is 6.57. The van der Waals surface area contributed by atoms with Crippen molar-refractivity contribution in [2.45, 2.75) is 67.2 Å². The molecular formula is C33H45F2NO4. The van der Waals surface area contributed by atoms with Crippen molar-refractivity contribution in [3.05, 3.63) is 88.0 Å². The number of nitrogens with one attached hydrogen (secondary N) is 1. The van der Waals surface area contributed by atoms with Gasteiger partial charge in [-0.25, -0.2) is 8.78 Å². The van der Waals surface area contributed by atoms with Gasteiger partial charge in [0.2, 0.25) is 0 Å². The van der Waals surface area contributed by atoms with Gasteiger partial charge in [-0.2, -0.15) is 0 Å². The van der Waals surface area contributed by atoms with E-state index in [-0.39, 0.29) is 18.4 Å². The van der Waals surface area contributed by atoms with E-state index >= 15 is 0 Å². The van der Waals surface area contributed by atoms with Crippen molar-refractivity contribution in [3.8, 4) is 5.75 Å². The molecule has 1 aliphatic carbocycles. The third kappa shape index (κ3) is 11.7. The van der Waals surface area contributed by atoms with E-state index in [1.165, 1.54) is 27.8 Å². The molecule has 40 heavy (non-hydrogen) atoms. The van der Waals surface area contributed by atoms with Gasteiger partial charge in [0.25, 0.3) is 0 Å². The molecule has 2 aromatic rings. The van der Waals surface area contributed by atoms with Gasteiger partial charge in [0.1, 0.15) is 24.0 Å². The summed E-state index contributed by atoms with van der Waals surface area (Å²) in [5.74, 6) is -1.59. The Balaban J connectivity index is 0.000000408. The average molecular weight is 558 g/mol. The van der Waals surface area contributed by atoms with Crippen LogP contribution in [-0.4, -0.2) is 37.9 Å². The van der Waals surface area contributed by atoms with Crippen LogP contribution in [0.15, 0.2) is 54.1 Å². The Hall–Kier alpha value is -3.45. The minimum atomic E-state index is -1.08. The average Bonchev–Trinajstić information content (AvgIpc) is 3.13. The van der Waals surface area contributed by atoms with Crippen molar-refractivity contribution in [3.63, 3.8) is 0 Å². The first-order valence-corrected chi connectivity index (χ1v) is 13.9. The first-order valence-electron chi connectivity index (χ1n) is 13.9. The zero-order chi connectivity index (χ0) is 30.1. The minimum absolute atomic E-state index is 0.142. The van der Waals surface area contributed by atoms with E-state index in [2.05, 4.69) is 69.4 Å². The van der Waals surface area contributed by atoms with Gasteiger partial charge < -0.3 is 19.9 Å². The zero-order valence-electron chi connectivity index (χ0n) is 25.0. The standard InChI is InChI=1S/C21H28O2.C10H11F2NO2.C2H6/c1-5-10-22-11-12-23-20-14-17(3)21(18(4)15-20)19-9-7-6-8-16(2)13-19;1-13-6-4-8(11)7(9(12)5-6)2-3-10(14)15;1-2/h6,8-9,13-15H,5,7,10-12H2,1-4H3;4-5,13H,2-3H2,1H3,(H,14,15);1-2H3. The van der Waals surface area contributed by atoms with E-state index in [0.29, 0.717) is 18.9 Å². The molecule has 0 radical (unpaired) electrons. The molecule has 1 aliphatic rings. The van der Waals surface area contributed by atoms with Crippen LogP contribution < -0.4 is 10.1 Å². The number of carboxylic acid groups (broad SMARTS) is 1. The highest BCUT2D eigenvalue weighted by Gasteiger charge is 2.12. The second kappa shape index (κ2) is 18.8. The lowest BCUT2D eigenvalue weighted by molar-refractivity contribution is -0.136. The fourth-order valence-corrected chi connectivity index (χ4v) is 4.12. The lowest BCUT2D eigenvalue weighted by Gasteiger charge is -2.15. The number of carbonyl (C=O) groups is 1. The monoisotopic (exact) mass is 557 g/mol. The number of benzene rings is 2. The third-order valence-corrected chi connectivity index (χ3v) is 5.90. The first kappa shape index (κ1) is 34.6. The second-order valence-corrected chi connectivity index (χ2v) is 9.14. The highest BCUT2D eigenvalue weighted by atomic mass is 19.1. The number of rotatable bonds is 11. The summed E-state index contributed by atoms with van der Waals surface area (Å²) in [6, 6.07) is 6.54. The second-order valence-electron chi connectivity index (χ2n) is 9.14. The third-order valence-electron chi connectivity index (χ3n) is 5.90. The van der Waals surface area contributed by atoms with Gasteiger partial charge in [-0.3, -0.25) is 4.79 Å². The minimum Gasteiger partial charge on any atom is -0.491 e. The summed E-state index contributed by atoms with van der Waals surface area (Å²) in [5, 5.41) is 11.0. The molecule has 7 heteroatoms. The van der Waals surface area contributed by atoms with Crippen LogP contribution in [0.3, 0.4) is 0 Å².